The van der Waals surface area contributed by atoms with Gasteiger partial charge in [-0.25, -0.2) is 9.48 Å². The highest BCUT2D eigenvalue weighted by Gasteiger charge is 2.37. The van der Waals surface area contributed by atoms with Crippen LogP contribution in [-0.2, 0) is 22.5 Å². The summed E-state index contributed by atoms with van der Waals surface area (Å²) in [7, 11) is 1.62. The number of hydrogen-bond acceptors (Lipinski definition) is 5. The molecule has 4 rings (SSSR count). The summed E-state index contributed by atoms with van der Waals surface area (Å²) in [6.45, 7) is 3.11. The lowest BCUT2D eigenvalue weighted by atomic mass is 10.0. The molecule has 1 aromatic carbocycles. The topological polar surface area (TPSA) is 73.7 Å². The molecule has 1 aromatic heterocycles. The zero-order chi connectivity index (χ0) is 19.0. The van der Waals surface area contributed by atoms with Crippen LogP contribution in [0.2, 0.25) is 0 Å². The van der Waals surface area contributed by atoms with Gasteiger partial charge in [0.2, 0.25) is 5.91 Å². The third-order valence-corrected chi connectivity index (χ3v) is 5.08. The second-order valence-electron chi connectivity index (χ2n) is 6.89. The Balaban J connectivity index is 1.72. The molecule has 1 aliphatic heterocycles. The number of aromatic nitrogens is 2. The summed E-state index contributed by atoms with van der Waals surface area (Å²) in [6, 6.07) is 7.53. The fraction of sp³-hybridized carbons (Fsp3) is 0.450. The van der Waals surface area contributed by atoms with Crippen molar-refractivity contribution in [2.24, 2.45) is 5.92 Å². The van der Waals surface area contributed by atoms with Crippen molar-refractivity contribution in [2.45, 2.75) is 32.7 Å². The highest BCUT2D eigenvalue weighted by Crippen LogP contribution is 2.34. The Morgan fingerprint density at radius 3 is 2.59 bits per heavy atom. The van der Waals surface area contributed by atoms with Crippen LogP contribution in [0.25, 0.3) is 5.69 Å². The standard InChI is InChI=1S/C20H23N3O4/c1-3-27-20(25)18-16-12-22(19(24)13-4-5-13)11-10-17(16)23(21-18)14-6-8-15(26-2)9-7-14/h6-9,13H,3-5,10-12H2,1-2H3. The van der Waals surface area contributed by atoms with Gasteiger partial charge in [0.05, 0.1) is 25.1 Å². The van der Waals surface area contributed by atoms with Crippen LogP contribution in [-0.4, -0.2) is 46.8 Å². The van der Waals surface area contributed by atoms with Gasteiger partial charge in [0.1, 0.15) is 5.75 Å². The summed E-state index contributed by atoms with van der Waals surface area (Å²) >= 11 is 0. The third kappa shape index (κ3) is 3.29. The van der Waals surface area contributed by atoms with E-state index in [0.717, 1.165) is 35.5 Å². The van der Waals surface area contributed by atoms with Gasteiger partial charge in [0.25, 0.3) is 0 Å². The lowest BCUT2D eigenvalue weighted by Gasteiger charge is -2.28. The third-order valence-electron chi connectivity index (χ3n) is 5.08. The molecule has 0 saturated heterocycles. The van der Waals surface area contributed by atoms with Crippen LogP contribution in [0, 0.1) is 5.92 Å². The number of esters is 1. The van der Waals surface area contributed by atoms with Crippen molar-refractivity contribution in [1.29, 1.82) is 0 Å². The molecule has 2 aliphatic rings. The van der Waals surface area contributed by atoms with Gasteiger partial charge in [-0.15, -0.1) is 0 Å². The molecule has 2 aromatic rings. The van der Waals surface area contributed by atoms with E-state index in [0.29, 0.717) is 25.2 Å². The largest absolute Gasteiger partial charge is 0.497 e. The van der Waals surface area contributed by atoms with Crippen LogP contribution >= 0.6 is 0 Å². The molecule has 27 heavy (non-hydrogen) atoms. The fourth-order valence-corrected chi connectivity index (χ4v) is 3.50. The van der Waals surface area contributed by atoms with Crippen molar-refractivity contribution < 1.29 is 19.1 Å². The minimum absolute atomic E-state index is 0.161. The highest BCUT2D eigenvalue weighted by atomic mass is 16.5. The molecule has 1 saturated carbocycles. The van der Waals surface area contributed by atoms with Crippen LogP contribution < -0.4 is 4.74 Å². The molecule has 0 radical (unpaired) electrons. The van der Waals surface area contributed by atoms with Crippen molar-refractivity contribution in [3.8, 4) is 11.4 Å². The fourth-order valence-electron chi connectivity index (χ4n) is 3.50. The first kappa shape index (κ1) is 17.6. The maximum Gasteiger partial charge on any atom is 0.359 e. The quantitative estimate of drug-likeness (QED) is 0.757. The summed E-state index contributed by atoms with van der Waals surface area (Å²) < 4.78 is 12.2. The molecular formula is C20H23N3O4. The monoisotopic (exact) mass is 369 g/mol. The van der Waals surface area contributed by atoms with Crippen LogP contribution in [0.4, 0.5) is 0 Å². The Labute approximate surface area is 157 Å². The molecule has 7 heteroatoms. The first-order valence-electron chi connectivity index (χ1n) is 9.33. The molecule has 0 spiro atoms. The maximum absolute atomic E-state index is 12.5. The summed E-state index contributed by atoms with van der Waals surface area (Å²) in [5.74, 6) is 0.662. The molecular weight excluding hydrogens is 346 g/mol. The summed E-state index contributed by atoms with van der Waals surface area (Å²) in [6.07, 6.45) is 2.60. The molecule has 7 nitrogen and oxygen atoms in total. The van der Waals surface area contributed by atoms with E-state index >= 15 is 0 Å². The van der Waals surface area contributed by atoms with E-state index in [2.05, 4.69) is 5.10 Å². The zero-order valence-electron chi connectivity index (χ0n) is 15.6. The van der Waals surface area contributed by atoms with E-state index in [-0.39, 0.29) is 18.4 Å². The van der Waals surface area contributed by atoms with Gasteiger partial charge in [-0.3, -0.25) is 4.79 Å². The number of carbonyl (C=O) groups excluding carboxylic acids is 2. The first-order valence-corrected chi connectivity index (χ1v) is 9.33. The summed E-state index contributed by atoms with van der Waals surface area (Å²) in [4.78, 5) is 26.8. The van der Waals surface area contributed by atoms with E-state index in [9.17, 15) is 9.59 Å². The van der Waals surface area contributed by atoms with Gasteiger partial charge < -0.3 is 14.4 Å². The van der Waals surface area contributed by atoms with E-state index in [1.807, 2.05) is 29.2 Å². The van der Waals surface area contributed by atoms with Crippen molar-refractivity contribution >= 4 is 11.9 Å². The number of benzene rings is 1. The lowest BCUT2D eigenvalue weighted by molar-refractivity contribution is -0.133. The molecule has 2 heterocycles. The Bertz CT molecular complexity index is 868. The number of hydrogen-bond donors (Lipinski definition) is 0. The SMILES string of the molecule is CCOC(=O)c1nn(-c2ccc(OC)cc2)c2c1CN(C(=O)C1CC1)CC2. The van der Waals surface area contributed by atoms with E-state index < -0.39 is 5.97 Å². The minimum atomic E-state index is -0.443. The van der Waals surface area contributed by atoms with Gasteiger partial charge in [-0.05, 0) is 44.0 Å². The van der Waals surface area contributed by atoms with Crippen molar-refractivity contribution in [3.63, 3.8) is 0 Å². The normalized spacial score (nSPS) is 16.0. The molecule has 0 N–H and O–H groups in total. The van der Waals surface area contributed by atoms with Gasteiger partial charge in [-0.1, -0.05) is 0 Å². The van der Waals surface area contributed by atoms with Crippen LogP contribution in [0.1, 0.15) is 41.5 Å². The van der Waals surface area contributed by atoms with Crippen LogP contribution in [0.5, 0.6) is 5.75 Å². The Morgan fingerprint density at radius 2 is 1.96 bits per heavy atom. The molecule has 1 amide bonds. The number of methoxy groups -OCH3 is 1. The predicted molar refractivity (Wildman–Crippen MR) is 97.9 cm³/mol. The summed E-state index contributed by atoms with van der Waals surface area (Å²) in [5.41, 5.74) is 2.91. The van der Waals surface area contributed by atoms with E-state index in [1.165, 1.54) is 0 Å². The second-order valence-corrected chi connectivity index (χ2v) is 6.89. The van der Waals surface area contributed by atoms with Gasteiger partial charge in [0.15, 0.2) is 5.69 Å². The van der Waals surface area contributed by atoms with Gasteiger partial charge in [-0.2, -0.15) is 5.10 Å². The highest BCUT2D eigenvalue weighted by molar-refractivity contribution is 5.90. The second kappa shape index (κ2) is 7.06. The van der Waals surface area contributed by atoms with Gasteiger partial charge >= 0.3 is 5.97 Å². The molecule has 0 atom stereocenters. The molecule has 1 fully saturated rings. The zero-order valence-corrected chi connectivity index (χ0v) is 15.6. The van der Waals surface area contributed by atoms with Crippen LogP contribution in [0.3, 0.4) is 0 Å². The van der Waals surface area contributed by atoms with Crippen molar-refractivity contribution in [2.75, 3.05) is 20.3 Å². The molecule has 0 unspecified atom stereocenters. The Hall–Kier alpha value is -2.83. The Morgan fingerprint density at radius 1 is 1.22 bits per heavy atom. The number of ether oxygens (including phenoxy) is 2. The van der Waals surface area contributed by atoms with Gasteiger partial charge in [0, 0.05) is 31.0 Å². The van der Waals surface area contributed by atoms with E-state index in [4.69, 9.17) is 9.47 Å². The average molecular weight is 369 g/mol. The number of nitrogens with zero attached hydrogens (tertiary/aromatic N) is 3. The van der Waals surface area contributed by atoms with Crippen molar-refractivity contribution in [1.82, 2.24) is 14.7 Å². The average Bonchev–Trinajstić information content (AvgIpc) is 3.48. The lowest BCUT2D eigenvalue weighted by Crippen LogP contribution is -2.37. The number of amides is 1. The van der Waals surface area contributed by atoms with Crippen molar-refractivity contribution in [3.05, 3.63) is 41.2 Å². The molecule has 142 valence electrons. The van der Waals surface area contributed by atoms with E-state index in [1.54, 1.807) is 18.7 Å². The maximum atomic E-state index is 12.5. The number of fused-ring (bicyclic) bond motifs is 1. The number of carbonyl (C=O) groups is 2. The Kier molecular flexibility index (Phi) is 4.59. The first-order chi connectivity index (χ1) is 13.1. The summed E-state index contributed by atoms with van der Waals surface area (Å²) in [5, 5.41) is 4.55. The van der Waals surface area contributed by atoms with Crippen LogP contribution in [0.15, 0.2) is 24.3 Å². The molecule has 0 bridgehead atoms. The number of rotatable bonds is 5. The predicted octanol–water partition coefficient (Wildman–Crippen LogP) is 2.35. The minimum Gasteiger partial charge on any atom is -0.497 e. The smallest absolute Gasteiger partial charge is 0.359 e. The molecule has 1 aliphatic carbocycles.